The molecule has 0 N–H and O–H groups in total. The zero-order chi connectivity index (χ0) is 34.5. The summed E-state index contributed by atoms with van der Waals surface area (Å²) in [5, 5.41) is 0. The van der Waals surface area contributed by atoms with Crippen molar-refractivity contribution in [3.63, 3.8) is 0 Å². The standard InChI is InChI=1S/C34H68N8O4/c1-9-39(10-2)31(43)27-35-19-17-20-37(29-33(45)41(13-5)14-6)25-26-38(30-34(46)42(15-7)16-8)22-18-21-36(24-23-35)28-32(44)40(11-3)12-4/h9-30H2,1-8H3. The maximum atomic E-state index is 13.2. The molecule has 12 heteroatoms. The van der Waals surface area contributed by atoms with Gasteiger partial charge in [0.15, 0.2) is 0 Å². The minimum absolute atomic E-state index is 0.124. The van der Waals surface area contributed by atoms with E-state index in [9.17, 15) is 19.2 Å². The molecule has 0 aromatic carbocycles. The van der Waals surface area contributed by atoms with Crippen LogP contribution >= 0.6 is 0 Å². The number of hydrogen-bond donors (Lipinski definition) is 0. The van der Waals surface area contributed by atoms with Gasteiger partial charge in [0.2, 0.25) is 23.6 Å². The quantitative estimate of drug-likeness (QED) is 0.248. The highest BCUT2D eigenvalue weighted by Crippen LogP contribution is 2.07. The second-order valence-electron chi connectivity index (χ2n) is 12.1. The van der Waals surface area contributed by atoms with E-state index in [4.69, 9.17) is 0 Å². The zero-order valence-electron chi connectivity index (χ0n) is 30.8. The molecule has 0 spiro atoms. The average Bonchev–Trinajstić information content (AvgIpc) is 3.03. The topological polar surface area (TPSA) is 94.2 Å². The van der Waals surface area contributed by atoms with Gasteiger partial charge in [0.05, 0.1) is 26.2 Å². The Morgan fingerprint density at radius 2 is 0.522 bits per heavy atom. The van der Waals surface area contributed by atoms with Crippen molar-refractivity contribution in [2.75, 3.05) is 131 Å². The maximum absolute atomic E-state index is 13.2. The number of hydrogen-bond acceptors (Lipinski definition) is 8. The molecule has 0 bridgehead atoms. The van der Waals surface area contributed by atoms with Gasteiger partial charge in [-0.3, -0.25) is 38.8 Å². The highest BCUT2D eigenvalue weighted by Gasteiger charge is 2.23. The van der Waals surface area contributed by atoms with Gasteiger partial charge in [0.25, 0.3) is 0 Å². The van der Waals surface area contributed by atoms with Gasteiger partial charge in [-0.05, 0) is 94.4 Å². The van der Waals surface area contributed by atoms with E-state index in [2.05, 4.69) is 19.6 Å². The molecule has 0 aromatic rings. The lowest BCUT2D eigenvalue weighted by Gasteiger charge is -2.33. The van der Waals surface area contributed by atoms with E-state index in [1.54, 1.807) is 0 Å². The van der Waals surface area contributed by atoms with Gasteiger partial charge in [0, 0.05) is 78.5 Å². The fourth-order valence-corrected chi connectivity index (χ4v) is 6.15. The molecule has 0 aromatic heterocycles. The Labute approximate surface area is 281 Å². The third-order valence-corrected chi connectivity index (χ3v) is 9.26. The molecule has 0 saturated carbocycles. The number of likely N-dealkylation sites (N-methyl/N-ethyl adjacent to an activating group) is 4. The summed E-state index contributed by atoms with van der Waals surface area (Å²) in [6.07, 6.45) is 1.63. The summed E-state index contributed by atoms with van der Waals surface area (Å²) in [5.74, 6) is 0.496. The highest BCUT2D eigenvalue weighted by atomic mass is 16.2. The predicted molar refractivity (Wildman–Crippen MR) is 187 cm³/mol. The molecular formula is C34H68N8O4. The van der Waals surface area contributed by atoms with Crippen LogP contribution in [0.2, 0.25) is 0 Å². The molecule has 1 saturated heterocycles. The van der Waals surface area contributed by atoms with Crippen LogP contribution in [-0.4, -0.2) is 194 Å². The highest BCUT2D eigenvalue weighted by molar-refractivity contribution is 5.79. The van der Waals surface area contributed by atoms with Crippen LogP contribution in [-0.2, 0) is 19.2 Å². The van der Waals surface area contributed by atoms with Crippen LogP contribution < -0.4 is 0 Å². The van der Waals surface area contributed by atoms with E-state index in [1.165, 1.54) is 0 Å². The fourth-order valence-electron chi connectivity index (χ4n) is 6.15. The Morgan fingerprint density at radius 3 is 0.674 bits per heavy atom. The summed E-state index contributed by atoms with van der Waals surface area (Å²) in [6.45, 7) is 28.5. The summed E-state index contributed by atoms with van der Waals surface area (Å²) < 4.78 is 0. The SMILES string of the molecule is CCN(CC)C(=O)CN1CCCN(CC(=O)N(CC)CC)CCN(CC(=O)N(CC)CC)CCCN(CC(=O)N(CC)CC)CC1. The smallest absolute Gasteiger partial charge is 0.236 e. The molecular weight excluding hydrogens is 584 g/mol. The van der Waals surface area contributed by atoms with E-state index in [1.807, 2.05) is 75.0 Å². The van der Waals surface area contributed by atoms with Crippen LogP contribution in [0.25, 0.3) is 0 Å². The molecule has 46 heavy (non-hydrogen) atoms. The molecule has 4 amide bonds. The second kappa shape index (κ2) is 23.9. The van der Waals surface area contributed by atoms with Crippen LogP contribution in [0, 0.1) is 0 Å². The predicted octanol–water partition coefficient (Wildman–Crippen LogP) is 1.46. The first-order chi connectivity index (χ1) is 22.1. The van der Waals surface area contributed by atoms with Gasteiger partial charge in [-0.25, -0.2) is 0 Å². The van der Waals surface area contributed by atoms with Crippen molar-refractivity contribution in [3.05, 3.63) is 0 Å². The minimum atomic E-state index is 0.124. The van der Waals surface area contributed by atoms with Crippen LogP contribution in [0.15, 0.2) is 0 Å². The molecule has 12 nitrogen and oxygen atoms in total. The van der Waals surface area contributed by atoms with Gasteiger partial charge < -0.3 is 19.6 Å². The molecule has 1 heterocycles. The third kappa shape index (κ3) is 15.1. The van der Waals surface area contributed by atoms with Crippen molar-refractivity contribution in [2.24, 2.45) is 0 Å². The van der Waals surface area contributed by atoms with Gasteiger partial charge in [-0.2, -0.15) is 0 Å². The van der Waals surface area contributed by atoms with E-state index in [0.29, 0.717) is 105 Å². The number of amides is 4. The van der Waals surface area contributed by atoms with Crippen LogP contribution in [0.1, 0.15) is 68.2 Å². The van der Waals surface area contributed by atoms with E-state index in [0.717, 1.165) is 39.0 Å². The van der Waals surface area contributed by atoms with Gasteiger partial charge >= 0.3 is 0 Å². The van der Waals surface area contributed by atoms with Crippen molar-refractivity contribution in [3.8, 4) is 0 Å². The van der Waals surface area contributed by atoms with Crippen LogP contribution in [0.4, 0.5) is 0 Å². The molecule has 0 radical (unpaired) electrons. The number of carbonyl (C=O) groups is 4. The maximum Gasteiger partial charge on any atom is 0.236 e. The lowest BCUT2D eigenvalue weighted by molar-refractivity contribution is -0.134. The minimum Gasteiger partial charge on any atom is -0.342 e. The Hall–Kier alpha value is -2.28. The van der Waals surface area contributed by atoms with Crippen molar-refractivity contribution in [1.82, 2.24) is 39.2 Å². The molecule has 0 aliphatic carbocycles. The van der Waals surface area contributed by atoms with E-state index in [-0.39, 0.29) is 23.6 Å². The van der Waals surface area contributed by atoms with Gasteiger partial charge in [-0.1, -0.05) is 0 Å². The van der Waals surface area contributed by atoms with E-state index < -0.39 is 0 Å². The van der Waals surface area contributed by atoms with Crippen LogP contribution in [0.5, 0.6) is 0 Å². The molecule has 0 atom stereocenters. The normalized spacial score (nSPS) is 16.9. The largest absolute Gasteiger partial charge is 0.342 e. The molecule has 0 unspecified atom stereocenters. The fraction of sp³-hybridized carbons (Fsp3) is 0.882. The molecule has 1 aliphatic rings. The first-order valence-corrected chi connectivity index (χ1v) is 18.1. The number of rotatable bonds is 16. The molecule has 1 fully saturated rings. The number of carbonyl (C=O) groups excluding carboxylic acids is 4. The van der Waals surface area contributed by atoms with Gasteiger partial charge in [-0.15, -0.1) is 0 Å². The Kier molecular flexibility index (Phi) is 21.7. The first kappa shape index (κ1) is 41.7. The zero-order valence-corrected chi connectivity index (χ0v) is 30.8. The van der Waals surface area contributed by atoms with E-state index >= 15 is 0 Å². The Bertz CT molecular complexity index is 737. The molecule has 268 valence electrons. The number of nitrogens with zero attached hydrogens (tertiary/aromatic N) is 8. The third-order valence-electron chi connectivity index (χ3n) is 9.26. The van der Waals surface area contributed by atoms with Crippen molar-refractivity contribution in [1.29, 1.82) is 0 Å². The molecule has 1 aliphatic heterocycles. The lowest BCUT2D eigenvalue weighted by atomic mass is 10.2. The summed E-state index contributed by atoms with van der Waals surface area (Å²) in [4.78, 5) is 69.0. The lowest BCUT2D eigenvalue weighted by Crippen LogP contribution is -2.48. The van der Waals surface area contributed by atoms with Crippen molar-refractivity contribution in [2.45, 2.75) is 68.2 Å². The van der Waals surface area contributed by atoms with Crippen molar-refractivity contribution >= 4 is 23.6 Å². The summed E-state index contributed by atoms with van der Waals surface area (Å²) in [6, 6.07) is 0. The van der Waals surface area contributed by atoms with Crippen LogP contribution in [0.3, 0.4) is 0 Å². The Balaban J connectivity index is 3.27. The first-order valence-electron chi connectivity index (χ1n) is 18.1. The van der Waals surface area contributed by atoms with Crippen molar-refractivity contribution < 1.29 is 19.2 Å². The van der Waals surface area contributed by atoms with Gasteiger partial charge in [0.1, 0.15) is 0 Å². The summed E-state index contributed by atoms with van der Waals surface area (Å²) in [5.41, 5.74) is 0. The Morgan fingerprint density at radius 1 is 0.348 bits per heavy atom. The summed E-state index contributed by atoms with van der Waals surface area (Å²) >= 11 is 0. The average molecular weight is 653 g/mol. The monoisotopic (exact) mass is 653 g/mol. The second-order valence-corrected chi connectivity index (χ2v) is 12.1. The summed E-state index contributed by atoms with van der Waals surface area (Å²) in [7, 11) is 0. The molecule has 1 rings (SSSR count).